The Morgan fingerprint density at radius 1 is 1.18 bits per heavy atom. The van der Waals surface area contributed by atoms with Crippen LogP contribution in [0, 0.1) is 11.3 Å². The number of aliphatic imine (C=N–C) groups is 1. The van der Waals surface area contributed by atoms with Crippen LogP contribution < -0.4 is 0 Å². The van der Waals surface area contributed by atoms with Crippen molar-refractivity contribution in [2.45, 2.75) is 31.6 Å². The number of benzene rings is 2. The Kier molecular flexibility index (Phi) is 5.84. The van der Waals surface area contributed by atoms with Gasteiger partial charge in [-0.25, -0.2) is 4.31 Å². The lowest BCUT2D eigenvalue weighted by Crippen LogP contribution is -2.34. The van der Waals surface area contributed by atoms with E-state index in [9.17, 15) is 13.9 Å². The van der Waals surface area contributed by atoms with Gasteiger partial charge in [-0.3, -0.25) is 18.9 Å². The standard InChI is InChI=1S/C21H23N3O3S/c1-15(2)24-21(25)19(20(28(24,26)27)18-9-4-3-5-10-18)23-12-11-16-7-6-8-17(13-16)14-22/h3-10,13,15,20,26-27H,11-12H2,1-2H3. The first-order valence-electron chi connectivity index (χ1n) is 9.05. The molecule has 2 aromatic carbocycles. The molecule has 2 N–H and O–H groups in total. The van der Waals surface area contributed by atoms with Crippen molar-refractivity contribution in [3.8, 4) is 6.07 Å². The van der Waals surface area contributed by atoms with Crippen LogP contribution in [0.25, 0.3) is 0 Å². The van der Waals surface area contributed by atoms with Crippen LogP contribution in [0.3, 0.4) is 0 Å². The van der Waals surface area contributed by atoms with Crippen LogP contribution >= 0.6 is 10.8 Å². The fourth-order valence-corrected chi connectivity index (χ4v) is 5.56. The van der Waals surface area contributed by atoms with Gasteiger partial charge in [0.25, 0.3) is 5.91 Å². The monoisotopic (exact) mass is 397 g/mol. The third-order valence-corrected chi connectivity index (χ3v) is 6.88. The summed E-state index contributed by atoms with van der Waals surface area (Å²) >= 11 is 0. The highest BCUT2D eigenvalue weighted by atomic mass is 32.3. The third kappa shape index (κ3) is 3.80. The third-order valence-electron chi connectivity index (χ3n) is 4.58. The van der Waals surface area contributed by atoms with Gasteiger partial charge >= 0.3 is 0 Å². The lowest BCUT2D eigenvalue weighted by Gasteiger charge is -2.42. The fourth-order valence-electron chi connectivity index (χ4n) is 3.38. The van der Waals surface area contributed by atoms with Crippen molar-refractivity contribution in [2.75, 3.05) is 6.54 Å². The Bertz CT molecular complexity index is 935. The number of nitriles is 1. The average molecular weight is 398 g/mol. The quantitative estimate of drug-likeness (QED) is 0.790. The molecule has 0 radical (unpaired) electrons. The zero-order chi connectivity index (χ0) is 20.3. The molecule has 146 valence electrons. The van der Waals surface area contributed by atoms with E-state index in [0.717, 1.165) is 9.87 Å². The predicted molar refractivity (Wildman–Crippen MR) is 111 cm³/mol. The highest BCUT2D eigenvalue weighted by molar-refractivity contribution is 8.24. The lowest BCUT2D eigenvalue weighted by molar-refractivity contribution is -0.120. The van der Waals surface area contributed by atoms with Crippen molar-refractivity contribution >= 4 is 22.4 Å². The van der Waals surface area contributed by atoms with Crippen LogP contribution in [-0.2, 0) is 11.2 Å². The van der Waals surface area contributed by atoms with Crippen LogP contribution in [-0.4, -0.2) is 37.6 Å². The minimum atomic E-state index is -3.37. The van der Waals surface area contributed by atoms with Gasteiger partial charge in [-0.15, -0.1) is 10.8 Å². The SMILES string of the molecule is CC(C)N1C(=O)C(=NCCc2cccc(C#N)c2)C(c2ccccc2)S1(O)O. The summed E-state index contributed by atoms with van der Waals surface area (Å²) in [6.07, 6.45) is 0.550. The normalized spacial score (nSPS) is 21.1. The molecule has 28 heavy (non-hydrogen) atoms. The minimum absolute atomic E-state index is 0.177. The number of amides is 1. The van der Waals surface area contributed by atoms with E-state index in [-0.39, 0.29) is 11.8 Å². The minimum Gasteiger partial charge on any atom is -0.281 e. The maximum atomic E-state index is 12.9. The number of carbonyl (C=O) groups is 1. The maximum absolute atomic E-state index is 12.9. The Balaban J connectivity index is 1.92. The molecule has 1 atom stereocenters. The highest BCUT2D eigenvalue weighted by Crippen LogP contribution is 2.62. The molecule has 7 heteroatoms. The first-order valence-corrected chi connectivity index (χ1v) is 10.6. The molecular weight excluding hydrogens is 374 g/mol. The molecule has 6 nitrogen and oxygen atoms in total. The summed E-state index contributed by atoms with van der Waals surface area (Å²) in [5.74, 6) is -0.436. The molecule has 1 saturated heterocycles. The van der Waals surface area contributed by atoms with Crippen LogP contribution in [0.15, 0.2) is 59.6 Å². The van der Waals surface area contributed by atoms with Gasteiger partial charge in [0.2, 0.25) is 0 Å². The zero-order valence-corrected chi connectivity index (χ0v) is 16.6. The predicted octanol–water partition coefficient (Wildman–Crippen LogP) is 4.20. The molecule has 0 saturated carbocycles. The smallest absolute Gasteiger partial charge is 0.281 e. The molecule has 1 aliphatic heterocycles. The molecule has 0 bridgehead atoms. The van der Waals surface area contributed by atoms with E-state index in [2.05, 4.69) is 11.1 Å². The summed E-state index contributed by atoms with van der Waals surface area (Å²) in [5.41, 5.74) is 2.35. The summed E-state index contributed by atoms with van der Waals surface area (Å²) < 4.78 is 22.9. The molecule has 1 aliphatic rings. The number of hydrogen-bond acceptors (Lipinski definition) is 5. The summed E-state index contributed by atoms with van der Waals surface area (Å²) in [5, 5.41) is 8.15. The van der Waals surface area contributed by atoms with E-state index < -0.39 is 21.9 Å². The number of hydrogen-bond donors (Lipinski definition) is 2. The van der Waals surface area contributed by atoms with E-state index in [1.807, 2.05) is 18.2 Å². The van der Waals surface area contributed by atoms with Crippen molar-refractivity contribution in [1.82, 2.24) is 4.31 Å². The molecule has 1 fully saturated rings. The van der Waals surface area contributed by atoms with Gasteiger partial charge < -0.3 is 0 Å². The van der Waals surface area contributed by atoms with Gasteiger partial charge in [-0.2, -0.15) is 5.26 Å². The molecule has 0 aliphatic carbocycles. The summed E-state index contributed by atoms with van der Waals surface area (Å²) in [4.78, 5) is 17.4. The molecular formula is C21H23N3O3S. The molecule has 1 amide bonds. The van der Waals surface area contributed by atoms with Crippen LogP contribution in [0.2, 0.25) is 0 Å². The summed E-state index contributed by atoms with van der Waals surface area (Å²) in [7, 11) is -3.37. The van der Waals surface area contributed by atoms with Crippen molar-refractivity contribution in [1.29, 1.82) is 5.26 Å². The van der Waals surface area contributed by atoms with E-state index >= 15 is 0 Å². The van der Waals surface area contributed by atoms with Gasteiger partial charge in [0.15, 0.2) is 0 Å². The zero-order valence-electron chi connectivity index (χ0n) is 15.8. The first-order chi connectivity index (χ1) is 13.4. The molecule has 0 spiro atoms. The van der Waals surface area contributed by atoms with Gasteiger partial charge in [0.1, 0.15) is 11.0 Å². The molecule has 0 aromatic heterocycles. The van der Waals surface area contributed by atoms with Gasteiger partial charge in [0.05, 0.1) is 11.6 Å². The molecule has 3 rings (SSSR count). The van der Waals surface area contributed by atoms with E-state index in [0.29, 0.717) is 24.1 Å². The number of carbonyl (C=O) groups excluding carboxylic acids is 1. The van der Waals surface area contributed by atoms with Gasteiger partial charge in [-0.1, -0.05) is 42.5 Å². The van der Waals surface area contributed by atoms with Gasteiger partial charge in [-0.05, 0) is 43.5 Å². The summed E-state index contributed by atoms with van der Waals surface area (Å²) in [6, 6.07) is 18.0. The van der Waals surface area contributed by atoms with Crippen molar-refractivity contribution in [3.63, 3.8) is 0 Å². The number of rotatable bonds is 5. The second kappa shape index (κ2) is 8.15. The van der Waals surface area contributed by atoms with Crippen molar-refractivity contribution in [2.24, 2.45) is 4.99 Å². The second-order valence-corrected chi connectivity index (χ2v) is 8.89. The second-order valence-electron chi connectivity index (χ2n) is 6.91. The Hall–Kier alpha value is -2.66. The highest BCUT2D eigenvalue weighted by Gasteiger charge is 2.51. The lowest BCUT2D eigenvalue weighted by atomic mass is 10.1. The Morgan fingerprint density at radius 3 is 2.54 bits per heavy atom. The van der Waals surface area contributed by atoms with E-state index in [1.165, 1.54) is 0 Å². The van der Waals surface area contributed by atoms with Crippen LogP contribution in [0.4, 0.5) is 0 Å². The van der Waals surface area contributed by atoms with Gasteiger partial charge in [0, 0.05) is 12.6 Å². The molecule has 1 unspecified atom stereocenters. The van der Waals surface area contributed by atoms with E-state index in [4.69, 9.17) is 5.26 Å². The summed E-state index contributed by atoms with van der Waals surface area (Å²) in [6.45, 7) is 3.83. The molecule has 2 aromatic rings. The number of nitrogens with zero attached hydrogens (tertiary/aromatic N) is 3. The van der Waals surface area contributed by atoms with Crippen molar-refractivity contribution in [3.05, 3.63) is 71.3 Å². The van der Waals surface area contributed by atoms with Crippen molar-refractivity contribution < 1.29 is 13.9 Å². The van der Waals surface area contributed by atoms with E-state index in [1.54, 1.807) is 50.2 Å². The average Bonchev–Trinajstić information content (AvgIpc) is 2.87. The fraction of sp³-hybridized carbons (Fsp3) is 0.286. The Morgan fingerprint density at radius 2 is 1.89 bits per heavy atom. The molecule has 1 heterocycles. The van der Waals surface area contributed by atoms with Crippen LogP contribution in [0.5, 0.6) is 0 Å². The van der Waals surface area contributed by atoms with Crippen LogP contribution in [0.1, 0.15) is 35.8 Å². The maximum Gasteiger partial charge on any atom is 0.288 e. The Labute approximate surface area is 166 Å². The largest absolute Gasteiger partial charge is 0.288 e. The first kappa shape index (κ1) is 20.1. The topological polar surface area (TPSA) is 96.9 Å².